The minimum absolute atomic E-state index is 0.780. The molecule has 2 aromatic heterocycles. The molecule has 106 valence electrons. The van der Waals surface area contributed by atoms with E-state index in [0.29, 0.717) is 0 Å². The van der Waals surface area contributed by atoms with E-state index in [1.165, 1.54) is 5.56 Å². The van der Waals surface area contributed by atoms with E-state index >= 15 is 0 Å². The normalized spacial score (nSPS) is 11.0. The first kappa shape index (κ1) is 13.3. The van der Waals surface area contributed by atoms with Gasteiger partial charge in [-0.25, -0.2) is 4.98 Å². The van der Waals surface area contributed by atoms with Crippen molar-refractivity contribution in [3.63, 3.8) is 0 Å². The number of furan rings is 1. The van der Waals surface area contributed by atoms with Gasteiger partial charge in [0.15, 0.2) is 5.76 Å². The number of halogens is 1. The van der Waals surface area contributed by atoms with E-state index < -0.39 is 0 Å². The van der Waals surface area contributed by atoms with Gasteiger partial charge in [0.25, 0.3) is 0 Å². The molecule has 0 aliphatic rings. The maximum Gasteiger partial charge on any atom is 0.152 e. The van der Waals surface area contributed by atoms with Crippen LogP contribution in [0, 0.1) is 0 Å². The number of pyridine rings is 1. The molecular weight excluding hydrogens is 338 g/mol. The molecule has 0 N–H and O–H groups in total. The fraction of sp³-hybridized carbons (Fsp3) is 0. The number of benzene rings is 2. The van der Waals surface area contributed by atoms with Gasteiger partial charge in [-0.15, -0.1) is 0 Å². The van der Waals surface area contributed by atoms with Crippen LogP contribution in [-0.4, -0.2) is 4.98 Å². The zero-order chi connectivity index (χ0) is 14.9. The summed E-state index contributed by atoms with van der Waals surface area (Å²) >= 11 is 3.55. The van der Waals surface area contributed by atoms with Gasteiger partial charge >= 0.3 is 0 Å². The smallest absolute Gasteiger partial charge is 0.152 e. The second-order valence-electron chi connectivity index (χ2n) is 5.06. The minimum atomic E-state index is 0.780. The molecule has 3 heteroatoms. The third kappa shape index (κ3) is 2.34. The number of rotatable bonds is 2. The Bertz CT molecular complexity index is 930. The van der Waals surface area contributed by atoms with E-state index in [4.69, 9.17) is 9.40 Å². The first-order chi connectivity index (χ1) is 10.8. The van der Waals surface area contributed by atoms with Gasteiger partial charge in [0.2, 0.25) is 0 Å². The van der Waals surface area contributed by atoms with E-state index in [1.807, 2.05) is 42.5 Å². The summed E-state index contributed by atoms with van der Waals surface area (Å²) in [5.74, 6) is 0.780. The molecule has 0 bridgehead atoms. The SMILES string of the molecule is Brc1ccc2nc(-c3ccco3)cc(-c3ccccc3)c2c1. The zero-order valence-electron chi connectivity index (χ0n) is 11.7. The Balaban J connectivity index is 2.05. The van der Waals surface area contributed by atoms with Gasteiger partial charge in [-0.3, -0.25) is 0 Å². The molecule has 22 heavy (non-hydrogen) atoms. The van der Waals surface area contributed by atoms with Gasteiger partial charge in [0, 0.05) is 9.86 Å². The van der Waals surface area contributed by atoms with Gasteiger partial charge in [-0.2, -0.15) is 0 Å². The first-order valence-electron chi connectivity index (χ1n) is 7.01. The monoisotopic (exact) mass is 349 g/mol. The van der Waals surface area contributed by atoms with Crippen LogP contribution in [0.5, 0.6) is 0 Å². The molecule has 0 fully saturated rings. The van der Waals surface area contributed by atoms with Crippen molar-refractivity contribution < 1.29 is 4.42 Å². The van der Waals surface area contributed by atoms with Crippen molar-refractivity contribution in [3.05, 3.63) is 77.5 Å². The predicted molar refractivity (Wildman–Crippen MR) is 92.6 cm³/mol. The molecule has 0 spiro atoms. The average molecular weight is 350 g/mol. The maximum absolute atomic E-state index is 5.51. The third-order valence-corrected chi connectivity index (χ3v) is 4.12. The first-order valence-corrected chi connectivity index (χ1v) is 7.80. The molecule has 4 rings (SSSR count). The molecule has 0 saturated heterocycles. The Kier molecular flexibility index (Phi) is 3.28. The van der Waals surface area contributed by atoms with Crippen molar-refractivity contribution in [3.8, 4) is 22.6 Å². The number of fused-ring (bicyclic) bond motifs is 1. The lowest BCUT2D eigenvalue weighted by Gasteiger charge is -2.09. The molecule has 0 saturated carbocycles. The molecule has 0 aliphatic carbocycles. The highest BCUT2D eigenvalue weighted by Gasteiger charge is 2.11. The molecule has 0 atom stereocenters. The van der Waals surface area contributed by atoms with Crippen LogP contribution in [0.2, 0.25) is 0 Å². The summed E-state index contributed by atoms with van der Waals surface area (Å²) in [7, 11) is 0. The highest BCUT2D eigenvalue weighted by molar-refractivity contribution is 9.10. The number of nitrogens with zero attached hydrogens (tertiary/aromatic N) is 1. The zero-order valence-corrected chi connectivity index (χ0v) is 13.2. The summed E-state index contributed by atoms with van der Waals surface area (Å²) < 4.78 is 6.56. The third-order valence-electron chi connectivity index (χ3n) is 3.63. The lowest BCUT2D eigenvalue weighted by molar-refractivity contribution is 0.580. The molecule has 2 aromatic carbocycles. The summed E-state index contributed by atoms with van der Waals surface area (Å²) in [5, 5.41) is 1.12. The molecule has 2 heterocycles. The lowest BCUT2D eigenvalue weighted by atomic mass is 10.00. The molecule has 0 radical (unpaired) electrons. The van der Waals surface area contributed by atoms with E-state index in [2.05, 4.69) is 40.2 Å². The topological polar surface area (TPSA) is 26.0 Å². The van der Waals surface area contributed by atoms with Crippen LogP contribution in [0.4, 0.5) is 0 Å². The van der Waals surface area contributed by atoms with Gasteiger partial charge in [0.1, 0.15) is 5.69 Å². The molecular formula is C19H12BrNO. The summed E-state index contributed by atoms with van der Waals surface area (Å²) in [6, 6.07) is 22.4. The van der Waals surface area contributed by atoms with Crippen LogP contribution in [0.15, 0.2) is 81.9 Å². The minimum Gasteiger partial charge on any atom is -0.463 e. The van der Waals surface area contributed by atoms with E-state index in [1.54, 1.807) is 6.26 Å². The van der Waals surface area contributed by atoms with Crippen molar-refractivity contribution in [1.82, 2.24) is 4.98 Å². The lowest BCUT2D eigenvalue weighted by Crippen LogP contribution is -1.89. The Morgan fingerprint density at radius 1 is 0.864 bits per heavy atom. The van der Waals surface area contributed by atoms with E-state index in [-0.39, 0.29) is 0 Å². The Morgan fingerprint density at radius 2 is 1.73 bits per heavy atom. The van der Waals surface area contributed by atoms with Crippen molar-refractivity contribution in [2.45, 2.75) is 0 Å². The molecule has 0 unspecified atom stereocenters. The molecule has 4 aromatic rings. The van der Waals surface area contributed by atoms with Gasteiger partial charge in [-0.1, -0.05) is 46.3 Å². The van der Waals surface area contributed by atoms with Gasteiger partial charge in [0.05, 0.1) is 11.8 Å². The van der Waals surface area contributed by atoms with Crippen LogP contribution in [0.1, 0.15) is 0 Å². The fourth-order valence-corrected chi connectivity index (χ4v) is 2.97. The van der Waals surface area contributed by atoms with Crippen LogP contribution < -0.4 is 0 Å². The summed E-state index contributed by atoms with van der Waals surface area (Å²) in [4.78, 5) is 4.73. The highest BCUT2D eigenvalue weighted by atomic mass is 79.9. The summed E-state index contributed by atoms with van der Waals surface area (Å²) in [5.41, 5.74) is 4.12. The Morgan fingerprint density at radius 3 is 2.50 bits per heavy atom. The van der Waals surface area contributed by atoms with Crippen molar-refractivity contribution in [2.75, 3.05) is 0 Å². The fourth-order valence-electron chi connectivity index (χ4n) is 2.61. The Labute approximate surface area is 136 Å². The standard InChI is InChI=1S/C19H12BrNO/c20-14-8-9-17-16(11-14)15(13-5-2-1-3-6-13)12-18(21-17)19-7-4-10-22-19/h1-12H. The maximum atomic E-state index is 5.51. The highest BCUT2D eigenvalue weighted by Crippen LogP contribution is 2.33. The van der Waals surface area contributed by atoms with Crippen LogP contribution in [0.3, 0.4) is 0 Å². The second kappa shape index (κ2) is 5.43. The predicted octanol–water partition coefficient (Wildman–Crippen LogP) is 5.92. The number of hydrogen-bond donors (Lipinski definition) is 0. The average Bonchev–Trinajstić information content (AvgIpc) is 3.09. The number of aromatic nitrogens is 1. The summed E-state index contributed by atoms with van der Waals surface area (Å²) in [6.07, 6.45) is 1.67. The van der Waals surface area contributed by atoms with Crippen molar-refractivity contribution in [1.29, 1.82) is 0 Å². The van der Waals surface area contributed by atoms with E-state index in [9.17, 15) is 0 Å². The number of hydrogen-bond acceptors (Lipinski definition) is 2. The van der Waals surface area contributed by atoms with Crippen LogP contribution in [-0.2, 0) is 0 Å². The molecule has 2 nitrogen and oxygen atoms in total. The van der Waals surface area contributed by atoms with Gasteiger partial charge in [-0.05, 0) is 47.5 Å². The van der Waals surface area contributed by atoms with Crippen LogP contribution in [0.25, 0.3) is 33.5 Å². The quantitative estimate of drug-likeness (QED) is 0.448. The van der Waals surface area contributed by atoms with Crippen molar-refractivity contribution in [2.24, 2.45) is 0 Å². The molecule has 0 amide bonds. The Hall–Kier alpha value is -2.39. The largest absolute Gasteiger partial charge is 0.463 e. The van der Waals surface area contributed by atoms with Crippen molar-refractivity contribution >= 4 is 26.8 Å². The van der Waals surface area contributed by atoms with Gasteiger partial charge < -0.3 is 4.42 Å². The molecule has 0 aliphatic heterocycles. The van der Waals surface area contributed by atoms with Crippen LogP contribution >= 0.6 is 15.9 Å². The van der Waals surface area contributed by atoms with E-state index in [0.717, 1.165) is 32.4 Å². The summed E-state index contributed by atoms with van der Waals surface area (Å²) in [6.45, 7) is 0. The second-order valence-corrected chi connectivity index (χ2v) is 5.98.